The Balaban J connectivity index is 3.13. The van der Waals surface area contributed by atoms with Gasteiger partial charge in [-0.1, -0.05) is 31.5 Å². The SMILES string of the molecule is CCCC(Cl)S(=O)(=NC)c1ccccc1. The monoisotopic (exact) mass is 245 g/mol. The molecule has 0 aliphatic heterocycles. The van der Waals surface area contributed by atoms with Crippen LogP contribution >= 0.6 is 11.6 Å². The van der Waals surface area contributed by atoms with Crippen LogP contribution < -0.4 is 0 Å². The van der Waals surface area contributed by atoms with Gasteiger partial charge in [0.05, 0.1) is 9.73 Å². The van der Waals surface area contributed by atoms with Gasteiger partial charge in [0.1, 0.15) is 4.71 Å². The molecule has 0 N–H and O–H groups in total. The molecule has 0 saturated carbocycles. The molecular formula is C11H16ClNOS. The van der Waals surface area contributed by atoms with Crippen LogP contribution in [0.4, 0.5) is 0 Å². The van der Waals surface area contributed by atoms with Crippen molar-refractivity contribution in [2.75, 3.05) is 7.05 Å². The van der Waals surface area contributed by atoms with E-state index in [4.69, 9.17) is 11.6 Å². The van der Waals surface area contributed by atoms with Gasteiger partial charge in [-0.15, -0.1) is 11.6 Å². The average molecular weight is 246 g/mol. The van der Waals surface area contributed by atoms with E-state index in [0.717, 1.165) is 11.3 Å². The van der Waals surface area contributed by atoms with Crippen LogP contribution in [0.25, 0.3) is 0 Å². The third-order valence-corrected chi connectivity index (χ3v) is 5.58. The van der Waals surface area contributed by atoms with Crippen molar-refractivity contribution in [2.45, 2.75) is 29.4 Å². The Kier molecular flexibility index (Phi) is 4.61. The molecule has 1 aromatic carbocycles. The quantitative estimate of drug-likeness (QED) is 0.747. The maximum atomic E-state index is 12.5. The molecule has 2 unspecified atom stereocenters. The summed E-state index contributed by atoms with van der Waals surface area (Å²) in [6.07, 6.45) is 1.63. The van der Waals surface area contributed by atoms with Crippen LogP contribution in [0.3, 0.4) is 0 Å². The summed E-state index contributed by atoms with van der Waals surface area (Å²) in [4.78, 5) is 0.723. The van der Waals surface area contributed by atoms with Crippen LogP contribution in [0.2, 0.25) is 0 Å². The minimum absolute atomic E-state index is 0.408. The molecule has 0 spiro atoms. The van der Waals surface area contributed by atoms with Gasteiger partial charge in [0.15, 0.2) is 0 Å². The van der Waals surface area contributed by atoms with Crippen LogP contribution in [0.1, 0.15) is 19.8 Å². The predicted octanol–water partition coefficient (Wildman–Crippen LogP) is 3.51. The largest absolute Gasteiger partial charge is 0.243 e. The minimum atomic E-state index is -2.46. The van der Waals surface area contributed by atoms with E-state index in [1.807, 2.05) is 37.3 Å². The average Bonchev–Trinajstić information content (AvgIpc) is 2.29. The van der Waals surface area contributed by atoms with Gasteiger partial charge in [-0.2, -0.15) is 0 Å². The molecule has 4 heteroatoms. The number of nitrogens with zero attached hydrogens (tertiary/aromatic N) is 1. The van der Waals surface area contributed by atoms with Gasteiger partial charge in [0, 0.05) is 11.9 Å². The molecular weight excluding hydrogens is 230 g/mol. The zero-order valence-electron chi connectivity index (χ0n) is 9.02. The van der Waals surface area contributed by atoms with E-state index >= 15 is 0 Å². The highest BCUT2D eigenvalue weighted by atomic mass is 35.5. The second-order valence-corrected chi connectivity index (χ2v) is 6.59. The predicted molar refractivity (Wildman–Crippen MR) is 65.8 cm³/mol. The van der Waals surface area contributed by atoms with Crippen molar-refractivity contribution >= 4 is 21.3 Å². The highest BCUT2D eigenvalue weighted by molar-refractivity contribution is 7.95. The summed E-state index contributed by atoms with van der Waals surface area (Å²) in [6.45, 7) is 2.02. The second kappa shape index (κ2) is 5.52. The molecule has 1 aromatic rings. The molecule has 15 heavy (non-hydrogen) atoms. The zero-order valence-corrected chi connectivity index (χ0v) is 10.6. The standard InChI is InChI=1S/C11H16ClNOS/c1-3-7-11(12)15(14,13-2)10-8-5-4-6-9-10/h4-6,8-9,11H,3,7H2,1-2H3. The van der Waals surface area contributed by atoms with Crippen LogP contribution in [-0.4, -0.2) is 16.0 Å². The maximum absolute atomic E-state index is 12.5. The molecule has 2 nitrogen and oxygen atoms in total. The van der Waals surface area contributed by atoms with Crippen LogP contribution in [0, 0.1) is 0 Å². The second-order valence-electron chi connectivity index (χ2n) is 3.26. The summed E-state index contributed by atoms with van der Waals surface area (Å²) < 4.78 is 16.1. The van der Waals surface area contributed by atoms with E-state index in [9.17, 15) is 4.21 Å². The Morgan fingerprint density at radius 2 is 2.00 bits per heavy atom. The van der Waals surface area contributed by atoms with E-state index in [2.05, 4.69) is 4.36 Å². The lowest BCUT2D eigenvalue weighted by atomic mass is 10.4. The van der Waals surface area contributed by atoms with Crippen molar-refractivity contribution in [1.29, 1.82) is 0 Å². The van der Waals surface area contributed by atoms with Crippen LogP contribution in [0.5, 0.6) is 0 Å². The lowest BCUT2D eigenvalue weighted by molar-refractivity contribution is 0.668. The Labute approximate surface area is 96.8 Å². The highest BCUT2D eigenvalue weighted by Crippen LogP contribution is 2.24. The number of hydrogen-bond donors (Lipinski definition) is 0. The van der Waals surface area contributed by atoms with E-state index in [1.165, 1.54) is 0 Å². The first kappa shape index (κ1) is 12.5. The molecule has 0 bridgehead atoms. The minimum Gasteiger partial charge on any atom is -0.243 e. The van der Waals surface area contributed by atoms with Gasteiger partial charge in [0.2, 0.25) is 0 Å². The molecule has 0 amide bonds. The fourth-order valence-corrected chi connectivity index (χ4v) is 3.97. The fraction of sp³-hybridized carbons (Fsp3) is 0.455. The first-order valence-corrected chi connectivity index (χ1v) is 7.00. The molecule has 1 rings (SSSR count). The van der Waals surface area contributed by atoms with Crippen molar-refractivity contribution in [2.24, 2.45) is 4.36 Å². The summed E-state index contributed by atoms with van der Waals surface area (Å²) in [7, 11) is -0.886. The molecule has 2 atom stereocenters. The van der Waals surface area contributed by atoms with Gasteiger partial charge in [-0.25, -0.2) is 8.57 Å². The summed E-state index contributed by atoms with van der Waals surface area (Å²) in [6, 6.07) is 9.24. The Hall–Kier alpha value is -0.540. The van der Waals surface area contributed by atoms with Crippen LogP contribution in [-0.2, 0) is 9.73 Å². The summed E-state index contributed by atoms with van der Waals surface area (Å²) in [5, 5.41) is 0. The van der Waals surface area contributed by atoms with Crippen molar-refractivity contribution in [3.63, 3.8) is 0 Å². The smallest absolute Gasteiger partial charge is 0.121 e. The lowest BCUT2D eigenvalue weighted by Gasteiger charge is -2.14. The Bertz CT molecular complexity index is 410. The maximum Gasteiger partial charge on any atom is 0.121 e. The number of benzene rings is 1. The zero-order chi connectivity index (χ0) is 11.3. The first-order chi connectivity index (χ1) is 7.15. The highest BCUT2D eigenvalue weighted by Gasteiger charge is 2.21. The molecule has 0 aromatic heterocycles. The molecule has 0 aliphatic carbocycles. The van der Waals surface area contributed by atoms with E-state index in [-0.39, 0.29) is 0 Å². The van der Waals surface area contributed by atoms with Gasteiger partial charge < -0.3 is 0 Å². The third kappa shape index (κ3) is 2.73. The summed E-state index contributed by atoms with van der Waals surface area (Å²) in [5.74, 6) is 0. The van der Waals surface area contributed by atoms with E-state index in [0.29, 0.717) is 6.42 Å². The molecule has 0 aliphatic rings. The third-order valence-electron chi connectivity index (χ3n) is 2.21. The van der Waals surface area contributed by atoms with Crippen molar-refractivity contribution in [3.8, 4) is 0 Å². The topological polar surface area (TPSA) is 29.4 Å². The van der Waals surface area contributed by atoms with Crippen molar-refractivity contribution in [1.82, 2.24) is 0 Å². The Morgan fingerprint density at radius 1 is 1.40 bits per heavy atom. The van der Waals surface area contributed by atoms with Crippen molar-refractivity contribution in [3.05, 3.63) is 30.3 Å². The van der Waals surface area contributed by atoms with Gasteiger partial charge in [-0.05, 0) is 18.6 Å². The van der Waals surface area contributed by atoms with Gasteiger partial charge in [0.25, 0.3) is 0 Å². The molecule has 0 heterocycles. The van der Waals surface area contributed by atoms with Crippen molar-refractivity contribution < 1.29 is 4.21 Å². The number of alkyl halides is 1. The van der Waals surface area contributed by atoms with E-state index in [1.54, 1.807) is 7.05 Å². The summed E-state index contributed by atoms with van der Waals surface area (Å²) in [5.41, 5.74) is 0. The summed E-state index contributed by atoms with van der Waals surface area (Å²) >= 11 is 6.15. The number of rotatable bonds is 4. The Morgan fingerprint density at radius 3 is 2.47 bits per heavy atom. The lowest BCUT2D eigenvalue weighted by Crippen LogP contribution is -2.14. The van der Waals surface area contributed by atoms with Gasteiger partial charge in [-0.3, -0.25) is 0 Å². The van der Waals surface area contributed by atoms with Crippen LogP contribution in [0.15, 0.2) is 39.6 Å². The number of hydrogen-bond acceptors (Lipinski definition) is 2. The molecule has 0 saturated heterocycles. The van der Waals surface area contributed by atoms with Gasteiger partial charge >= 0.3 is 0 Å². The number of halogens is 1. The van der Waals surface area contributed by atoms with E-state index < -0.39 is 14.4 Å². The molecule has 84 valence electrons. The first-order valence-electron chi connectivity index (χ1n) is 4.98. The fourth-order valence-electron chi connectivity index (χ4n) is 1.37. The molecule has 0 radical (unpaired) electrons. The molecule has 0 fully saturated rings. The normalized spacial score (nSPS) is 16.7.